The summed E-state index contributed by atoms with van der Waals surface area (Å²) in [4.78, 5) is 246. The number of fused-ring (bicyclic) bond motifs is 3. The van der Waals surface area contributed by atoms with Crippen molar-refractivity contribution in [3.8, 4) is 5.75 Å². The molecule has 15 amide bonds. The quantitative estimate of drug-likeness (QED) is 0.0330. The third-order valence-corrected chi connectivity index (χ3v) is 24.7. The van der Waals surface area contributed by atoms with E-state index in [-0.39, 0.29) is 88.6 Å². The number of aliphatic hydroxyl groups excluding tert-OH is 2. The number of carbonyl (C=O) groups excluding carboxylic acids is 15. The number of hydrogen-bond acceptors (Lipinski definition) is 22. The summed E-state index contributed by atoms with van der Waals surface area (Å²) in [6.45, 7) is 2.94. The number of likely N-dealkylation sites (N-methyl/N-ethyl adjacent to an activating group) is 3. The van der Waals surface area contributed by atoms with Gasteiger partial charge in [0.05, 0.1) is 30.9 Å². The maximum Gasteiger partial charge on any atom is 0.305 e. The molecule has 38 nitrogen and oxygen atoms in total. The molecule has 0 unspecified atom stereocenters. The van der Waals surface area contributed by atoms with Crippen molar-refractivity contribution >= 4 is 117 Å². The van der Waals surface area contributed by atoms with E-state index in [9.17, 15) is 58.4 Å². The van der Waals surface area contributed by atoms with Gasteiger partial charge in [-0.05, 0) is 109 Å². The van der Waals surface area contributed by atoms with Crippen molar-refractivity contribution in [2.45, 2.75) is 208 Å². The summed E-state index contributed by atoms with van der Waals surface area (Å²) in [5.41, 5.74) is 19.9. The van der Waals surface area contributed by atoms with Crippen molar-refractivity contribution < 1.29 is 106 Å². The number of carboxylic acid groups (broad SMARTS) is 1. The molecular formula is C92H120F2N18O20S. The number of halogens is 2. The lowest BCUT2D eigenvalue weighted by molar-refractivity contribution is -0.152. The molecule has 0 spiro atoms. The third-order valence-electron chi connectivity index (χ3n) is 23.7. The number of nitrogens with zero attached hydrogens (tertiary/aromatic N) is 5. The third kappa shape index (κ3) is 29.0. The van der Waals surface area contributed by atoms with E-state index in [1.54, 1.807) is 98.0 Å². The number of rotatable bonds is 25. The summed E-state index contributed by atoms with van der Waals surface area (Å²) in [6, 6.07) is 10.3. The van der Waals surface area contributed by atoms with E-state index in [1.165, 1.54) is 59.3 Å². The first-order valence-corrected chi connectivity index (χ1v) is 45.3. The van der Waals surface area contributed by atoms with Gasteiger partial charge >= 0.3 is 5.97 Å². The fraction of sp³-hybridized carbons (Fsp3) is 0.478. The smallest absolute Gasteiger partial charge is 0.305 e. The van der Waals surface area contributed by atoms with Crippen molar-refractivity contribution in [2.24, 2.45) is 23.1 Å². The largest absolute Gasteiger partial charge is 0.508 e. The van der Waals surface area contributed by atoms with Crippen LogP contribution in [0.25, 0.3) is 10.9 Å². The van der Waals surface area contributed by atoms with E-state index >= 15 is 47.5 Å². The Kier molecular flexibility index (Phi) is 38.6. The first kappa shape index (κ1) is 104. The number of carboxylic acids is 1. The average Bonchev–Trinajstić information content (AvgIpc) is 1.72. The molecule has 15 atom stereocenters. The summed E-state index contributed by atoms with van der Waals surface area (Å²) < 4.78 is 29.8. The SMILES string of the molecule is CCCC[C@H]1C(=O)N2C[C@H](O)C[C@@H]2C(=O)N[C@@H](CC(=O)O)C(=O)N[C@@H](C(C)C)C(=O)N(C)[C@@H](Cc2ccccc2)C(=O)N[C@@H](CCCN)C(=O)N2C[C@H](O)C[C@@H]2C(=O)N[C@@H](Cc2c[nH]c3ccccc23)C(=O)N[C@@H](Cc2ccc(O)cc2)C(=O)N[C@H](CCCN)C(=O)N[C@H](C(=O)NCC(N)=O)CSCC(=O)N[C@H](Cc2ccc(F)c(F)c2)C(=O)N(C)[C@@H](Cc2ccccc2)C(=O)N1C. The molecule has 0 aliphatic carbocycles. The molecule has 6 aromatic rings. The second-order valence-electron chi connectivity index (χ2n) is 34.0. The number of thioether (sulfide) groups is 1. The van der Waals surface area contributed by atoms with Gasteiger partial charge in [0, 0.05) is 102 Å². The van der Waals surface area contributed by atoms with Gasteiger partial charge in [-0.15, -0.1) is 11.8 Å². The molecule has 718 valence electrons. The Morgan fingerprint density at radius 2 is 1.01 bits per heavy atom. The van der Waals surface area contributed by atoms with E-state index < -0.39 is 260 Å². The van der Waals surface area contributed by atoms with Gasteiger partial charge in [-0.3, -0.25) is 76.7 Å². The van der Waals surface area contributed by atoms with Gasteiger partial charge in [-0.1, -0.05) is 131 Å². The fourth-order valence-electron chi connectivity index (χ4n) is 16.4. The topological polar surface area (TPSA) is 572 Å². The molecule has 3 aliphatic rings. The number of primary amides is 1. The second kappa shape index (κ2) is 49.5. The van der Waals surface area contributed by atoms with Gasteiger partial charge < -0.3 is 115 Å². The number of aliphatic hydroxyl groups is 2. The Labute approximate surface area is 771 Å². The lowest BCUT2D eigenvalue weighted by Gasteiger charge is -2.38. The molecule has 3 aliphatic heterocycles. The molecule has 5 aromatic carbocycles. The highest BCUT2D eigenvalue weighted by Crippen LogP contribution is 2.29. The number of aromatic nitrogens is 1. The van der Waals surface area contributed by atoms with Crippen LogP contribution in [0.4, 0.5) is 8.78 Å². The number of carbonyl (C=O) groups is 16. The monoisotopic (exact) mass is 1870 g/mol. The minimum atomic E-state index is -2.02. The zero-order valence-electron chi connectivity index (χ0n) is 74.9. The lowest BCUT2D eigenvalue weighted by atomic mass is 9.98. The molecule has 20 N–H and O–H groups in total. The number of phenols is 1. The maximum atomic E-state index is 15.7. The van der Waals surface area contributed by atoms with Crippen LogP contribution in [-0.4, -0.2) is 301 Å². The lowest BCUT2D eigenvalue weighted by Crippen LogP contribution is -2.62. The van der Waals surface area contributed by atoms with Gasteiger partial charge in [0.25, 0.3) is 0 Å². The Hall–Kier alpha value is -13.0. The predicted molar refractivity (Wildman–Crippen MR) is 484 cm³/mol. The second-order valence-corrected chi connectivity index (χ2v) is 35.0. The Morgan fingerprint density at radius 3 is 1.59 bits per heavy atom. The number of aromatic amines is 1. The average molecular weight is 1870 g/mol. The van der Waals surface area contributed by atoms with E-state index in [1.807, 2.05) is 0 Å². The van der Waals surface area contributed by atoms with Gasteiger partial charge in [-0.2, -0.15) is 0 Å². The molecule has 3 saturated heterocycles. The molecule has 9 rings (SSSR count). The van der Waals surface area contributed by atoms with Crippen LogP contribution in [-0.2, 0) is 109 Å². The van der Waals surface area contributed by atoms with Crippen molar-refractivity contribution in [1.82, 2.24) is 77.3 Å². The molecule has 0 saturated carbocycles. The van der Waals surface area contributed by atoms with Crippen molar-refractivity contribution in [3.05, 3.63) is 173 Å². The van der Waals surface area contributed by atoms with Crippen LogP contribution < -0.4 is 65.1 Å². The highest BCUT2D eigenvalue weighted by atomic mass is 32.2. The Balaban J connectivity index is 1.13. The number of para-hydroxylation sites is 1. The molecule has 1 aromatic heterocycles. The number of benzene rings is 5. The summed E-state index contributed by atoms with van der Waals surface area (Å²) in [6.07, 6.45) is -4.78. The minimum absolute atomic E-state index is 0.0314. The Bertz CT molecular complexity index is 5120. The van der Waals surface area contributed by atoms with Gasteiger partial charge in [-0.25, -0.2) is 8.78 Å². The molecule has 0 radical (unpaired) electrons. The van der Waals surface area contributed by atoms with Gasteiger partial charge in [0.2, 0.25) is 88.6 Å². The van der Waals surface area contributed by atoms with Gasteiger partial charge in [0.15, 0.2) is 11.6 Å². The number of aliphatic carboxylic acids is 1. The van der Waals surface area contributed by atoms with Crippen molar-refractivity contribution in [2.75, 3.05) is 65.4 Å². The van der Waals surface area contributed by atoms with Crippen LogP contribution in [0.2, 0.25) is 0 Å². The van der Waals surface area contributed by atoms with Crippen molar-refractivity contribution in [1.29, 1.82) is 0 Å². The molecular weight excluding hydrogens is 1750 g/mol. The molecule has 0 bridgehead atoms. The zero-order valence-corrected chi connectivity index (χ0v) is 75.8. The summed E-state index contributed by atoms with van der Waals surface area (Å²) in [5.74, 6) is -21.5. The molecule has 41 heteroatoms. The number of amides is 15. The van der Waals surface area contributed by atoms with Crippen LogP contribution in [0.15, 0.2) is 134 Å². The Morgan fingerprint density at radius 1 is 0.504 bits per heavy atom. The van der Waals surface area contributed by atoms with E-state index in [4.69, 9.17) is 17.2 Å². The first-order valence-electron chi connectivity index (χ1n) is 44.2. The van der Waals surface area contributed by atoms with E-state index in [0.717, 1.165) is 42.7 Å². The number of H-pyrrole nitrogens is 1. The van der Waals surface area contributed by atoms with Crippen LogP contribution in [0.1, 0.15) is 113 Å². The zero-order chi connectivity index (χ0) is 97.0. The van der Waals surface area contributed by atoms with Crippen LogP contribution >= 0.6 is 11.8 Å². The summed E-state index contributed by atoms with van der Waals surface area (Å²) >= 11 is 0.696. The molecule has 4 heterocycles. The number of hydrogen-bond donors (Lipinski definition) is 17. The first-order chi connectivity index (χ1) is 63.4. The van der Waals surface area contributed by atoms with Crippen molar-refractivity contribution in [3.63, 3.8) is 0 Å². The van der Waals surface area contributed by atoms with E-state index in [2.05, 4.69) is 52.8 Å². The number of phenolic OH excluding ortho intramolecular Hbond substituents is 1. The number of unbranched alkanes of at least 4 members (excludes halogenated alkanes) is 1. The van der Waals surface area contributed by atoms with Crippen LogP contribution in [0, 0.1) is 17.6 Å². The van der Waals surface area contributed by atoms with Crippen LogP contribution in [0.3, 0.4) is 0 Å². The number of nitrogens with two attached hydrogens (primary N) is 3. The maximum absolute atomic E-state index is 15.7. The van der Waals surface area contributed by atoms with Crippen LogP contribution in [0.5, 0.6) is 5.75 Å². The van der Waals surface area contributed by atoms with Gasteiger partial charge in [0.1, 0.15) is 84.3 Å². The predicted octanol–water partition coefficient (Wildman–Crippen LogP) is -0.905. The summed E-state index contributed by atoms with van der Waals surface area (Å²) in [7, 11) is 3.75. The molecule has 133 heavy (non-hydrogen) atoms. The number of aromatic hydroxyl groups is 1. The highest BCUT2D eigenvalue weighted by molar-refractivity contribution is 8.00. The summed E-state index contributed by atoms with van der Waals surface area (Å²) in [5, 5.41) is 67.7. The number of nitrogens with one attached hydrogen (secondary N) is 10. The minimum Gasteiger partial charge on any atom is -0.508 e. The normalized spacial score (nSPS) is 24.7. The standard InChI is InChI=1S/C92H120F2N18O20S/c1-7-8-27-71-91(131)112-48-59(115)43-74(112)87(127)105-68(44-78(118)119)84(124)107-79(51(2)3)92(132)109(5)72(39-52-19-11-9-12-20-52)85(125)102-65(26-18-35-96)89(129)111-47-58(114)42-73(111)86(126)104-67(41-56-45-98-63-24-16-15-23-60(56)63)83(123)103-66(37-54-28-31-57(113)32-29-54)82(122)101-64(25-17-34-95)81(121)106-70(80(120)99-46-76(97)116)49-133-50-77(117)100-69(38-55-30-33-61(93)62(94)36-55)88(128)110(6)75(90(130)108(71)4)40-53-21-13-10-14-22-53/h9-16,19-24,28-33,36,45,51,58-59,64-75,79,98,113-115H,7-8,17-18,25-27,34-35,37-44,46-50,95-96H2,1-6H3,(H2,97,116)(H,99,120)(H,100,117)(H,101,122)(H,102,125)(H,103,123)(H,104,126)(H,105,127)(H,106,121)(H,107,124)(H,118,119)/t58-,59-,64-,65+,66+,67+,68+,69-,70+,71+,72+,73-,74-,75+,79+/m1/s1. The highest BCUT2D eigenvalue weighted by Gasteiger charge is 2.48. The van der Waals surface area contributed by atoms with E-state index in [0.29, 0.717) is 51.3 Å². The fourth-order valence-corrected chi connectivity index (χ4v) is 17.2. The molecule has 3 fully saturated rings.